The molecule has 0 rings (SSSR count). The van der Waals surface area contributed by atoms with E-state index in [4.69, 9.17) is 9.90 Å². The summed E-state index contributed by atoms with van der Waals surface area (Å²) in [6.07, 6.45) is 42.3. The fraction of sp³-hybridized carbons (Fsp3) is 0.970. The average Bonchev–Trinajstić information content (AvgIpc) is 2.88. The van der Waals surface area contributed by atoms with Crippen LogP contribution in [0, 0.1) is 0 Å². The molecule has 0 bridgehead atoms. The molecule has 36 heavy (non-hydrogen) atoms. The molecule has 0 atom stereocenters. The van der Waals surface area contributed by atoms with Crippen LogP contribution in [0.5, 0.6) is 0 Å². The van der Waals surface area contributed by atoms with E-state index in [2.05, 4.69) is 27.7 Å². The minimum Gasteiger partial charge on any atom is -0.483 e. The molecule has 0 aliphatic carbocycles. The SMILES string of the molecule is CCCCCCCCCCCCCC[PH](CCCCCC)(CCCCCC)CCCCCC.O=CO. The van der Waals surface area contributed by atoms with Gasteiger partial charge in [0.1, 0.15) is 0 Å². The van der Waals surface area contributed by atoms with Crippen molar-refractivity contribution in [2.75, 3.05) is 24.6 Å². The molecule has 0 aromatic carbocycles. The van der Waals surface area contributed by atoms with Crippen LogP contribution in [0.2, 0.25) is 0 Å². The Hall–Kier alpha value is -0.100. The second-order valence-electron chi connectivity index (χ2n) is 11.7. The van der Waals surface area contributed by atoms with E-state index in [0.717, 1.165) is 0 Å². The number of carboxylic acid groups (broad SMARTS) is 1. The molecule has 1 N–H and O–H groups in total. The molecular weight excluding hydrogens is 459 g/mol. The van der Waals surface area contributed by atoms with Crippen LogP contribution in [0.1, 0.15) is 182 Å². The molecule has 0 radical (unpaired) electrons. The molecule has 0 unspecified atom stereocenters. The van der Waals surface area contributed by atoms with E-state index in [9.17, 15) is 0 Å². The van der Waals surface area contributed by atoms with Gasteiger partial charge in [0.05, 0.1) is 0 Å². The summed E-state index contributed by atoms with van der Waals surface area (Å²) in [4.78, 5) is 8.36. The summed E-state index contributed by atoms with van der Waals surface area (Å²) in [6, 6.07) is 0. The van der Waals surface area contributed by atoms with Gasteiger partial charge in [-0.25, -0.2) is 0 Å². The van der Waals surface area contributed by atoms with Crippen molar-refractivity contribution in [3.63, 3.8) is 0 Å². The Balaban J connectivity index is 0. The summed E-state index contributed by atoms with van der Waals surface area (Å²) in [5.41, 5.74) is 0. The van der Waals surface area contributed by atoms with Crippen LogP contribution in [-0.4, -0.2) is 36.2 Å². The quantitative estimate of drug-likeness (QED) is 0.0620. The van der Waals surface area contributed by atoms with Crippen LogP contribution < -0.4 is 0 Å². The van der Waals surface area contributed by atoms with Crippen LogP contribution in [0.3, 0.4) is 0 Å². The molecular formula is C33H71O2P. The Morgan fingerprint density at radius 1 is 0.389 bits per heavy atom. The summed E-state index contributed by atoms with van der Waals surface area (Å²) in [7, 11) is -1.04. The first-order chi connectivity index (χ1) is 17.7. The van der Waals surface area contributed by atoms with E-state index in [0.29, 0.717) is 0 Å². The molecule has 0 aliphatic heterocycles. The molecule has 0 aliphatic rings. The van der Waals surface area contributed by atoms with Crippen LogP contribution in [0.25, 0.3) is 0 Å². The molecule has 0 aromatic heterocycles. The molecule has 220 valence electrons. The van der Waals surface area contributed by atoms with Crippen LogP contribution in [0.4, 0.5) is 0 Å². The van der Waals surface area contributed by atoms with E-state index in [-0.39, 0.29) is 6.47 Å². The van der Waals surface area contributed by atoms with Gasteiger partial charge in [0.2, 0.25) is 0 Å². The Morgan fingerprint density at radius 3 is 0.778 bits per heavy atom. The number of hydrogen-bond acceptors (Lipinski definition) is 1. The summed E-state index contributed by atoms with van der Waals surface area (Å²) < 4.78 is 0. The maximum absolute atomic E-state index is 8.36. The van der Waals surface area contributed by atoms with Gasteiger partial charge in [0.15, 0.2) is 0 Å². The van der Waals surface area contributed by atoms with E-state index in [1.807, 2.05) is 0 Å². The van der Waals surface area contributed by atoms with Crippen molar-refractivity contribution in [1.29, 1.82) is 0 Å². The topological polar surface area (TPSA) is 37.3 Å². The molecule has 0 saturated heterocycles. The van der Waals surface area contributed by atoms with Gasteiger partial charge in [-0.15, -0.1) is 0 Å². The maximum atomic E-state index is 8.36. The fourth-order valence-corrected chi connectivity index (χ4v) is 11.4. The van der Waals surface area contributed by atoms with Gasteiger partial charge in [0.25, 0.3) is 6.47 Å². The van der Waals surface area contributed by atoms with Crippen molar-refractivity contribution in [2.24, 2.45) is 0 Å². The van der Waals surface area contributed by atoms with Gasteiger partial charge in [-0.1, -0.05) is 13.3 Å². The first-order valence-corrected chi connectivity index (χ1v) is 19.6. The van der Waals surface area contributed by atoms with Crippen LogP contribution in [-0.2, 0) is 4.79 Å². The maximum Gasteiger partial charge on any atom is 0.290 e. The summed E-state index contributed by atoms with van der Waals surface area (Å²) in [5, 5.41) is 6.89. The van der Waals surface area contributed by atoms with Crippen LogP contribution in [0.15, 0.2) is 0 Å². The third-order valence-electron chi connectivity index (χ3n) is 8.24. The van der Waals surface area contributed by atoms with E-state index < -0.39 is 7.26 Å². The number of carbonyl (C=O) groups is 1. The van der Waals surface area contributed by atoms with Crippen molar-refractivity contribution in [3.8, 4) is 0 Å². The fourth-order valence-electron chi connectivity index (χ4n) is 5.87. The molecule has 0 fully saturated rings. The van der Waals surface area contributed by atoms with Crippen molar-refractivity contribution < 1.29 is 9.90 Å². The molecule has 0 spiro atoms. The number of unbranched alkanes of at least 4 members (excludes halogenated alkanes) is 20. The van der Waals surface area contributed by atoms with Gasteiger partial charge < -0.3 is 5.11 Å². The first-order valence-electron chi connectivity index (χ1n) is 16.7. The summed E-state index contributed by atoms with van der Waals surface area (Å²) in [5.74, 6) is 0. The van der Waals surface area contributed by atoms with Gasteiger partial charge in [-0.05, 0) is 0 Å². The standard InChI is InChI=1S/C32H69P.CH2O2/c1-5-9-13-17-18-19-20-21-22-23-24-28-32-33(29-25-14-10-6-2,30-26-15-11-7-3)31-27-16-12-8-4;2-1-3/h33H,5-32H2,1-4H3;1H,(H,2,3). The van der Waals surface area contributed by atoms with Gasteiger partial charge in [-0.3, -0.25) is 4.79 Å². The van der Waals surface area contributed by atoms with Crippen molar-refractivity contribution in [3.05, 3.63) is 0 Å². The van der Waals surface area contributed by atoms with Gasteiger partial charge in [-0.2, -0.15) is 0 Å². The largest absolute Gasteiger partial charge is 0.483 e. The average molecular weight is 531 g/mol. The minimum atomic E-state index is -1.04. The molecule has 0 saturated carbocycles. The number of hydrogen-bond donors (Lipinski definition) is 1. The van der Waals surface area contributed by atoms with Crippen LogP contribution >= 0.6 is 7.26 Å². The minimum absolute atomic E-state index is 0.250. The van der Waals surface area contributed by atoms with Crippen molar-refractivity contribution in [2.45, 2.75) is 182 Å². The van der Waals surface area contributed by atoms with Crippen molar-refractivity contribution >= 4 is 13.7 Å². The second kappa shape index (κ2) is 32.9. The zero-order chi connectivity index (χ0) is 27.0. The molecule has 0 amide bonds. The third-order valence-corrected chi connectivity index (χ3v) is 13.9. The Bertz CT molecular complexity index is 368. The van der Waals surface area contributed by atoms with E-state index >= 15 is 0 Å². The Labute approximate surface area is 229 Å². The van der Waals surface area contributed by atoms with Gasteiger partial charge in [0, 0.05) is 0 Å². The zero-order valence-electron chi connectivity index (χ0n) is 25.7. The third kappa shape index (κ3) is 28.5. The molecule has 3 heteroatoms. The Morgan fingerprint density at radius 2 is 0.556 bits per heavy atom. The van der Waals surface area contributed by atoms with E-state index in [1.54, 1.807) is 50.3 Å². The Kier molecular flexibility index (Phi) is 34.8. The molecule has 0 aromatic rings. The summed E-state index contributed by atoms with van der Waals surface area (Å²) in [6.45, 7) is 9.17. The monoisotopic (exact) mass is 531 g/mol. The zero-order valence-corrected chi connectivity index (χ0v) is 26.7. The number of rotatable bonds is 28. The molecule has 0 heterocycles. The predicted octanol–water partition coefficient (Wildman–Crippen LogP) is 11.9. The smallest absolute Gasteiger partial charge is 0.290 e. The van der Waals surface area contributed by atoms with E-state index in [1.165, 1.54) is 128 Å². The predicted molar refractivity (Wildman–Crippen MR) is 170 cm³/mol. The van der Waals surface area contributed by atoms with Crippen molar-refractivity contribution in [1.82, 2.24) is 0 Å². The van der Waals surface area contributed by atoms with Gasteiger partial charge >= 0.3 is 200 Å². The second-order valence-corrected chi connectivity index (χ2v) is 16.7. The normalized spacial score (nSPS) is 11.8. The summed E-state index contributed by atoms with van der Waals surface area (Å²) >= 11 is 0. The molecule has 2 nitrogen and oxygen atoms in total. The first kappa shape index (κ1) is 38.0.